The maximum absolute atomic E-state index is 10.5. The Morgan fingerprint density at radius 2 is 2.19 bits per heavy atom. The predicted octanol–water partition coefficient (Wildman–Crippen LogP) is 2.55. The van der Waals surface area contributed by atoms with Crippen molar-refractivity contribution in [1.82, 2.24) is 0 Å². The van der Waals surface area contributed by atoms with Crippen molar-refractivity contribution in [3.05, 3.63) is 35.4 Å². The van der Waals surface area contributed by atoms with Gasteiger partial charge in [-0.3, -0.25) is 0 Å². The molecule has 0 atom stereocenters. The molecule has 0 aromatic heterocycles. The van der Waals surface area contributed by atoms with E-state index in [-0.39, 0.29) is 0 Å². The zero-order valence-electron chi connectivity index (χ0n) is 9.90. The van der Waals surface area contributed by atoms with Gasteiger partial charge in [-0.25, -0.2) is 4.79 Å². The van der Waals surface area contributed by atoms with Gasteiger partial charge in [-0.05, 0) is 37.6 Å². The van der Waals surface area contributed by atoms with E-state index in [2.05, 4.69) is 11.8 Å². The molecule has 0 saturated heterocycles. The van der Waals surface area contributed by atoms with Crippen molar-refractivity contribution in [2.75, 3.05) is 18.5 Å². The molecule has 0 aliphatic rings. The van der Waals surface area contributed by atoms with Crippen molar-refractivity contribution in [3.63, 3.8) is 0 Å². The van der Waals surface area contributed by atoms with Crippen LogP contribution >= 0.6 is 0 Å². The fraction of sp³-hybridized carbons (Fsp3) is 0.308. The van der Waals surface area contributed by atoms with Crippen LogP contribution in [0.15, 0.2) is 24.3 Å². The Hall–Kier alpha value is -1.77. The molecule has 0 aliphatic carbocycles. The highest BCUT2D eigenvalue weighted by Gasteiger charge is 2.04. The van der Waals surface area contributed by atoms with Crippen LogP contribution in [0.3, 0.4) is 0 Å². The van der Waals surface area contributed by atoms with Gasteiger partial charge in [0.15, 0.2) is 0 Å². The second-order valence-electron chi connectivity index (χ2n) is 3.75. The molecule has 3 nitrogen and oxygen atoms in total. The van der Waals surface area contributed by atoms with E-state index in [4.69, 9.17) is 5.11 Å². The van der Waals surface area contributed by atoms with E-state index in [1.165, 1.54) is 6.08 Å². The summed E-state index contributed by atoms with van der Waals surface area (Å²) in [4.78, 5) is 12.6. The zero-order chi connectivity index (χ0) is 12.1. The van der Waals surface area contributed by atoms with Crippen LogP contribution in [-0.4, -0.2) is 24.7 Å². The molecule has 0 spiro atoms. The number of carbonyl (C=O) groups is 1. The van der Waals surface area contributed by atoms with Crippen LogP contribution in [0.2, 0.25) is 0 Å². The number of nitrogens with zero attached hydrogens (tertiary/aromatic N) is 1. The fourth-order valence-corrected chi connectivity index (χ4v) is 1.49. The van der Waals surface area contributed by atoms with E-state index < -0.39 is 5.97 Å². The third-order valence-electron chi connectivity index (χ3n) is 2.47. The molecule has 0 bridgehead atoms. The summed E-state index contributed by atoms with van der Waals surface area (Å²) in [6, 6.07) is 6.03. The van der Waals surface area contributed by atoms with E-state index >= 15 is 0 Å². The van der Waals surface area contributed by atoms with E-state index in [0.29, 0.717) is 0 Å². The van der Waals surface area contributed by atoms with Gasteiger partial charge in [0.05, 0.1) is 0 Å². The maximum atomic E-state index is 10.5. The van der Waals surface area contributed by atoms with Crippen LogP contribution in [0.4, 0.5) is 5.69 Å². The molecule has 86 valence electrons. The summed E-state index contributed by atoms with van der Waals surface area (Å²) in [5, 5.41) is 8.63. The number of aryl methyl sites for hydroxylation is 1. The van der Waals surface area contributed by atoms with Crippen LogP contribution in [0.5, 0.6) is 0 Å². The molecule has 1 aromatic rings. The van der Waals surface area contributed by atoms with Gasteiger partial charge in [-0.2, -0.15) is 0 Å². The van der Waals surface area contributed by atoms with Crippen molar-refractivity contribution in [3.8, 4) is 0 Å². The number of carboxylic acid groups (broad SMARTS) is 1. The third kappa shape index (κ3) is 3.12. The number of hydrogen-bond acceptors (Lipinski definition) is 2. The summed E-state index contributed by atoms with van der Waals surface area (Å²) in [5.74, 6) is -0.924. The molecule has 1 N–H and O–H groups in total. The number of hydrogen-bond donors (Lipinski definition) is 1. The van der Waals surface area contributed by atoms with Crippen LogP contribution in [0, 0.1) is 6.92 Å². The maximum Gasteiger partial charge on any atom is 0.328 e. The van der Waals surface area contributed by atoms with Gasteiger partial charge < -0.3 is 10.0 Å². The summed E-state index contributed by atoms with van der Waals surface area (Å²) in [5.41, 5.74) is 3.11. The standard InChI is InChI=1S/C13H17NO2/c1-4-14(3)12-7-5-10(2)9-11(12)6-8-13(15)16/h5-9H,4H2,1-3H3,(H,15,16)/b8-6+. The Bertz CT molecular complexity index is 410. The monoisotopic (exact) mass is 219 g/mol. The molecular weight excluding hydrogens is 202 g/mol. The first kappa shape index (κ1) is 12.3. The lowest BCUT2D eigenvalue weighted by Gasteiger charge is -2.19. The van der Waals surface area contributed by atoms with Crippen molar-refractivity contribution in [2.24, 2.45) is 0 Å². The molecule has 0 amide bonds. The molecule has 0 heterocycles. The van der Waals surface area contributed by atoms with Crippen molar-refractivity contribution < 1.29 is 9.90 Å². The quantitative estimate of drug-likeness (QED) is 0.791. The number of benzene rings is 1. The summed E-state index contributed by atoms with van der Waals surface area (Å²) in [6.07, 6.45) is 2.80. The average molecular weight is 219 g/mol. The molecule has 1 aromatic carbocycles. The van der Waals surface area contributed by atoms with Crippen LogP contribution in [0.1, 0.15) is 18.1 Å². The number of aliphatic carboxylic acids is 1. The average Bonchev–Trinajstić information content (AvgIpc) is 2.25. The first-order chi connectivity index (χ1) is 7.54. The Morgan fingerprint density at radius 1 is 1.50 bits per heavy atom. The van der Waals surface area contributed by atoms with E-state index in [1.807, 2.05) is 32.2 Å². The van der Waals surface area contributed by atoms with E-state index in [1.54, 1.807) is 6.08 Å². The van der Waals surface area contributed by atoms with Crippen LogP contribution in [0.25, 0.3) is 6.08 Å². The van der Waals surface area contributed by atoms with Gasteiger partial charge in [0.2, 0.25) is 0 Å². The molecule has 1 rings (SSSR count). The first-order valence-electron chi connectivity index (χ1n) is 5.27. The zero-order valence-corrected chi connectivity index (χ0v) is 9.90. The molecule has 0 unspecified atom stereocenters. The van der Waals surface area contributed by atoms with Gasteiger partial charge in [0.25, 0.3) is 0 Å². The molecule has 16 heavy (non-hydrogen) atoms. The molecule has 0 radical (unpaired) electrons. The van der Waals surface area contributed by atoms with E-state index in [0.717, 1.165) is 23.4 Å². The normalized spacial score (nSPS) is 10.7. The summed E-state index contributed by atoms with van der Waals surface area (Å²) in [6.45, 7) is 4.94. The van der Waals surface area contributed by atoms with Gasteiger partial charge >= 0.3 is 5.97 Å². The summed E-state index contributed by atoms with van der Waals surface area (Å²) < 4.78 is 0. The smallest absolute Gasteiger partial charge is 0.328 e. The second-order valence-corrected chi connectivity index (χ2v) is 3.75. The fourth-order valence-electron chi connectivity index (χ4n) is 1.49. The highest BCUT2D eigenvalue weighted by atomic mass is 16.4. The number of rotatable bonds is 4. The number of anilines is 1. The van der Waals surface area contributed by atoms with Crippen LogP contribution < -0.4 is 4.90 Å². The Kier molecular flexibility index (Phi) is 4.11. The van der Waals surface area contributed by atoms with Gasteiger partial charge in [-0.15, -0.1) is 0 Å². The van der Waals surface area contributed by atoms with E-state index in [9.17, 15) is 4.79 Å². The molecular formula is C13H17NO2. The number of carboxylic acids is 1. The topological polar surface area (TPSA) is 40.5 Å². The largest absolute Gasteiger partial charge is 0.478 e. The third-order valence-corrected chi connectivity index (χ3v) is 2.47. The van der Waals surface area contributed by atoms with Crippen molar-refractivity contribution in [2.45, 2.75) is 13.8 Å². The van der Waals surface area contributed by atoms with Crippen molar-refractivity contribution >= 4 is 17.7 Å². The Morgan fingerprint density at radius 3 is 2.75 bits per heavy atom. The molecule has 0 aliphatic heterocycles. The highest BCUT2D eigenvalue weighted by Crippen LogP contribution is 2.22. The SMILES string of the molecule is CCN(C)c1ccc(C)cc1/C=C/C(=O)O. The minimum absolute atomic E-state index is 0.886. The van der Waals surface area contributed by atoms with Gasteiger partial charge in [0, 0.05) is 25.4 Å². The minimum atomic E-state index is -0.924. The van der Waals surface area contributed by atoms with Gasteiger partial charge in [-0.1, -0.05) is 11.6 Å². The predicted molar refractivity (Wildman–Crippen MR) is 66.8 cm³/mol. The lowest BCUT2D eigenvalue weighted by molar-refractivity contribution is -0.131. The van der Waals surface area contributed by atoms with Crippen LogP contribution in [-0.2, 0) is 4.79 Å². The minimum Gasteiger partial charge on any atom is -0.478 e. The lowest BCUT2D eigenvalue weighted by Crippen LogP contribution is -2.16. The molecule has 0 saturated carbocycles. The molecule has 3 heteroatoms. The molecule has 0 fully saturated rings. The summed E-state index contributed by atoms with van der Waals surface area (Å²) >= 11 is 0. The van der Waals surface area contributed by atoms with Crippen molar-refractivity contribution in [1.29, 1.82) is 0 Å². The Labute approximate surface area is 96.0 Å². The first-order valence-corrected chi connectivity index (χ1v) is 5.27. The Balaban J connectivity index is 3.12. The lowest BCUT2D eigenvalue weighted by atomic mass is 10.1. The summed E-state index contributed by atoms with van der Waals surface area (Å²) in [7, 11) is 1.99. The second kappa shape index (κ2) is 5.35. The van der Waals surface area contributed by atoms with Gasteiger partial charge in [0.1, 0.15) is 0 Å². The highest BCUT2D eigenvalue weighted by molar-refractivity contribution is 5.87.